The Hall–Kier alpha value is -3.25. The second-order valence-corrected chi connectivity index (χ2v) is 7.18. The first kappa shape index (κ1) is 20.5. The highest BCUT2D eigenvalue weighted by atomic mass is 16.3. The first-order chi connectivity index (χ1) is 14.0. The van der Waals surface area contributed by atoms with Crippen LogP contribution in [0.25, 0.3) is 6.08 Å². The van der Waals surface area contributed by atoms with Crippen LogP contribution in [0.15, 0.2) is 72.1 Å². The van der Waals surface area contributed by atoms with E-state index >= 15 is 0 Å². The summed E-state index contributed by atoms with van der Waals surface area (Å²) in [5.74, 6) is -1.42. The third-order valence-electron chi connectivity index (χ3n) is 4.77. The zero-order valence-corrected chi connectivity index (χ0v) is 16.7. The number of rotatable bonds is 8. The molecule has 1 aromatic heterocycles. The second kappa shape index (κ2) is 9.30. The maximum Gasteiger partial charge on any atom is 0.290 e. The van der Waals surface area contributed by atoms with Crippen LogP contribution in [-0.2, 0) is 9.59 Å². The number of aliphatic hydroxyl groups excluding tert-OH is 1. The van der Waals surface area contributed by atoms with Gasteiger partial charge in [-0.05, 0) is 50.8 Å². The lowest BCUT2D eigenvalue weighted by molar-refractivity contribution is -0.129. The van der Waals surface area contributed by atoms with Crippen molar-refractivity contribution < 1.29 is 14.7 Å². The highest BCUT2D eigenvalue weighted by molar-refractivity contribution is 6.14. The molecule has 29 heavy (non-hydrogen) atoms. The van der Waals surface area contributed by atoms with Crippen LogP contribution in [0.1, 0.15) is 23.7 Å². The van der Waals surface area contributed by atoms with Gasteiger partial charge in [0.05, 0.1) is 11.3 Å². The van der Waals surface area contributed by atoms with Crippen molar-refractivity contribution in [2.24, 2.45) is 0 Å². The van der Waals surface area contributed by atoms with E-state index in [2.05, 4.69) is 4.98 Å². The van der Waals surface area contributed by atoms with E-state index in [0.717, 1.165) is 18.5 Å². The van der Waals surface area contributed by atoms with Gasteiger partial charge in [-0.2, -0.15) is 0 Å². The summed E-state index contributed by atoms with van der Waals surface area (Å²) >= 11 is 0. The number of aliphatic hydroxyl groups is 1. The number of allylic oxidation sites excluding steroid dienone is 1. The van der Waals surface area contributed by atoms with Crippen LogP contribution in [0, 0.1) is 0 Å². The van der Waals surface area contributed by atoms with Crippen molar-refractivity contribution >= 4 is 17.8 Å². The van der Waals surface area contributed by atoms with Crippen molar-refractivity contribution in [3.8, 4) is 0 Å². The Morgan fingerprint density at radius 2 is 1.90 bits per heavy atom. The van der Waals surface area contributed by atoms with E-state index in [1.54, 1.807) is 24.4 Å². The van der Waals surface area contributed by atoms with E-state index < -0.39 is 23.5 Å². The molecular weight excluding hydrogens is 366 g/mol. The molecule has 3 rings (SSSR count). The smallest absolute Gasteiger partial charge is 0.290 e. The Bertz CT molecular complexity index is 921. The quantitative estimate of drug-likeness (QED) is 0.701. The van der Waals surface area contributed by atoms with Gasteiger partial charge in [-0.1, -0.05) is 42.5 Å². The summed E-state index contributed by atoms with van der Waals surface area (Å²) in [5, 5.41) is 10.5. The number of hydrogen-bond acceptors (Lipinski definition) is 5. The molecule has 1 unspecified atom stereocenters. The largest absolute Gasteiger partial charge is 0.503 e. The van der Waals surface area contributed by atoms with Crippen molar-refractivity contribution in [1.82, 2.24) is 14.8 Å². The van der Waals surface area contributed by atoms with Gasteiger partial charge in [0.15, 0.2) is 11.5 Å². The lowest BCUT2D eigenvalue weighted by Crippen LogP contribution is -2.33. The van der Waals surface area contributed by atoms with E-state index in [9.17, 15) is 14.7 Å². The van der Waals surface area contributed by atoms with E-state index in [0.29, 0.717) is 12.2 Å². The summed E-state index contributed by atoms with van der Waals surface area (Å²) in [5.41, 5.74) is 1.50. The molecule has 2 heterocycles. The van der Waals surface area contributed by atoms with E-state index in [1.807, 2.05) is 55.4 Å². The summed E-state index contributed by atoms with van der Waals surface area (Å²) in [6.45, 7) is 1.21. The second-order valence-electron chi connectivity index (χ2n) is 7.18. The van der Waals surface area contributed by atoms with E-state index in [4.69, 9.17) is 0 Å². The molecule has 6 heteroatoms. The van der Waals surface area contributed by atoms with Crippen LogP contribution in [0.3, 0.4) is 0 Å². The Labute approximate surface area is 170 Å². The Morgan fingerprint density at radius 1 is 1.17 bits per heavy atom. The van der Waals surface area contributed by atoms with Gasteiger partial charge in [0, 0.05) is 12.7 Å². The zero-order valence-electron chi connectivity index (χ0n) is 16.7. The maximum absolute atomic E-state index is 13.0. The number of benzene rings is 1. The molecule has 6 nitrogen and oxygen atoms in total. The first-order valence-electron chi connectivity index (χ1n) is 9.56. The average molecular weight is 391 g/mol. The highest BCUT2D eigenvalue weighted by Gasteiger charge is 2.43. The Morgan fingerprint density at radius 3 is 2.55 bits per heavy atom. The van der Waals surface area contributed by atoms with Gasteiger partial charge in [0.2, 0.25) is 0 Å². The molecular formula is C23H25N3O3. The minimum Gasteiger partial charge on any atom is -0.503 e. The molecule has 150 valence electrons. The minimum atomic E-state index is -0.696. The number of hydrogen-bond donors (Lipinski definition) is 1. The number of amides is 1. The maximum atomic E-state index is 13.0. The molecule has 0 saturated heterocycles. The fourth-order valence-electron chi connectivity index (χ4n) is 3.36. The summed E-state index contributed by atoms with van der Waals surface area (Å²) in [6.07, 6.45) is 5.41. The number of ketones is 1. The molecule has 0 radical (unpaired) electrons. The molecule has 2 aromatic rings. The van der Waals surface area contributed by atoms with Gasteiger partial charge in [-0.3, -0.25) is 14.6 Å². The van der Waals surface area contributed by atoms with Crippen LogP contribution in [0.5, 0.6) is 0 Å². The van der Waals surface area contributed by atoms with Gasteiger partial charge >= 0.3 is 0 Å². The summed E-state index contributed by atoms with van der Waals surface area (Å²) < 4.78 is 0. The number of carbonyl (C=O) groups excluding carboxylic acids is 2. The number of aromatic nitrogens is 1. The third-order valence-corrected chi connectivity index (χ3v) is 4.77. The molecule has 1 aliphatic heterocycles. The van der Waals surface area contributed by atoms with Crippen LogP contribution in [0.4, 0.5) is 0 Å². The van der Waals surface area contributed by atoms with Crippen molar-refractivity contribution in [3.05, 3.63) is 83.4 Å². The summed E-state index contributed by atoms with van der Waals surface area (Å²) in [4.78, 5) is 33.6. The highest BCUT2D eigenvalue weighted by Crippen LogP contribution is 2.37. The van der Waals surface area contributed by atoms with Gasteiger partial charge in [-0.15, -0.1) is 0 Å². The van der Waals surface area contributed by atoms with Crippen molar-refractivity contribution in [2.45, 2.75) is 12.5 Å². The monoisotopic (exact) mass is 391 g/mol. The first-order valence-corrected chi connectivity index (χ1v) is 9.56. The van der Waals surface area contributed by atoms with Gasteiger partial charge in [0.1, 0.15) is 6.04 Å². The molecule has 1 N–H and O–H groups in total. The summed E-state index contributed by atoms with van der Waals surface area (Å²) in [6, 6.07) is 14.1. The molecule has 1 aromatic carbocycles. The van der Waals surface area contributed by atoms with E-state index in [1.165, 1.54) is 11.0 Å². The standard InChI is InChI=1S/C23H25N3O3/c1-25(2)15-8-16-26-21(18-11-6-7-14-24-18)20(22(28)23(26)29)19(27)13-12-17-9-4-3-5-10-17/h3-7,9-14,21,28H,8,15-16H2,1-2H3/b13-12+. The lowest BCUT2D eigenvalue weighted by Gasteiger charge is -2.26. The molecule has 1 amide bonds. The van der Waals surface area contributed by atoms with Crippen LogP contribution in [0.2, 0.25) is 0 Å². The fraction of sp³-hybridized carbons (Fsp3) is 0.261. The van der Waals surface area contributed by atoms with Crippen molar-refractivity contribution in [1.29, 1.82) is 0 Å². The molecule has 1 atom stereocenters. The minimum absolute atomic E-state index is 0.0748. The summed E-state index contributed by atoms with van der Waals surface area (Å²) in [7, 11) is 3.92. The lowest BCUT2D eigenvalue weighted by atomic mass is 9.99. The van der Waals surface area contributed by atoms with Crippen molar-refractivity contribution in [2.75, 3.05) is 27.2 Å². The predicted molar refractivity (Wildman–Crippen MR) is 112 cm³/mol. The number of carbonyl (C=O) groups is 2. The molecule has 1 aliphatic rings. The Kier molecular flexibility index (Phi) is 6.57. The van der Waals surface area contributed by atoms with Gasteiger partial charge in [0.25, 0.3) is 5.91 Å². The van der Waals surface area contributed by atoms with Crippen LogP contribution >= 0.6 is 0 Å². The zero-order chi connectivity index (χ0) is 20.8. The number of pyridine rings is 1. The average Bonchev–Trinajstić information content (AvgIpc) is 2.98. The van der Waals surface area contributed by atoms with Crippen LogP contribution in [-0.4, -0.2) is 58.8 Å². The SMILES string of the molecule is CN(C)CCCN1C(=O)C(O)=C(C(=O)/C=C/c2ccccc2)C1c1ccccn1. The molecule has 0 spiro atoms. The van der Waals surface area contributed by atoms with Crippen molar-refractivity contribution in [3.63, 3.8) is 0 Å². The third kappa shape index (κ3) is 4.78. The Balaban J connectivity index is 1.91. The van der Waals surface area contributed by atoms with E-state index in [-0.39, 0.29) is 5.57 Å². The molecule has 0 bridgehead atoms. The predicted octanol–water partition coefficient (Wildman–Crippen LogP) is 3.01. The molecule has 0 aliphatic carbocycles. The van der Waals surface area contributed by atoms with Gasteiger partial charge < -0.3 is 14.9 Å². The number of nitrogens with zero attached hydrogens (tertiary/aromatic N) is 3. The van der Waals surface area contributed by atoms with Gasteiger partial charge in [-0.25, -0.2) is 0 Å². The topological polar surface area (TPSA) is 73.7 Å². The normalized spacial score (nSPS) is 17.0. The molecule has 0 saturated carbocycles. The molecule has 0 fully saturated rings. The fourth-order valence-corrected chi connectivity index (χ4v) is 3.36. The van der Waals surface area contributed by atoms with Crippen LogP contribution < -0.4 is 0 Å².